The zero-order valence-electron chi connectivity index (χ0n) is 9.54. The lowest BCUT2D eigenvalue weighted by Crippen LogP contribution is -2.20. The molecule has 0 atom stereocenters. The average molecular weight is 261 g/mol. The highest BCUT2D eigenvalue weighted by Gasteiger charge is 2.08. The molecule has 2 aromatic heterocycles. The van der Waals surface area contributed by atoms with Gasteiger partial charge in [0.2, 0.25) is 5.65 Å². The van der Waals surface area contributed by atoms with Gasteiger partial charge in [0.25, 0.3) is 0 Å². The first kappa shape index (κ1) is 11.0. The molecule has 0 aliphatic rings. The largest absolute Gasteiger partial charge is 0.300 e. The Morgan fingerprint density at radius 2 is 2.06 bits per heavy atom. The van der Waals surface area contributed by atoms with Crippen molar-refractivity contribution in [2.45, 2.75) is 6.92 Å². The van der Waals surface area contributed by atoms with Gasteiger partial charge in [-0.25, -0.2) is 0 Å². The van der Waals surface area contributed by atoms with Gasteiger partial charge >= 0.3 is 5.56 Å². The van der Waals surface area contributed by atoms with Gasteiger partial charge in [-0.3, -0.25) is 13.8 Å². The molecule has 90 valence electrons. The number of rotatable bonds is 1. The van der Waals surface area contributed by atoms with Crippen molar-refractivity contribution in [1.29, 1.82) is 0 Å². The number of aromatic nitrogens is 4. The zero-order valence-corrected chi connectivity index (χ0v) is 10.3. The van der Waals surface area contributed by atoms with E-state index in [4.69, 9.17) is 11.6 Å². The molecule has 0 saturated carbocycles. The van der Waals surface area contributed by atoms with Crippen LogP contribution in [0, 0.1) is 6.92 Å². The second-order valence-corrected chi connectivity index (χ2v) is 4.33. The molecule has 0 unspecified atom stereocenters. The third-order valence-electron chi connectivity index (χ3n) is 2.73. The van der Waals surface area contributed by atoms with Crippen LogP contribution in [0.2, 0.25) is 5.02 Å². The van der Waals surface area contributed by atoms with Gasteiger partial charge in [0.1, 0.15) is 5.82 Å². The molecule has 2 heterocycles. The van der Waals surface area contributed by atoms with Crippen LogP contribution in [0.1, 0.15) is 5.82 Å². The van der Waals surface area contributed by atoms with Crippen molar-refractivity contribution in [2.75, 3.05) is 0 Å². The molecule has 0 bridgehead atoms. The molecule has 0 N–H and O–H groups in total. The molecule has 6 heteroatoms. The van der Waals surface area contributed by atoms with Gasteiger partial charge in [-0.15, -0.1) is 10.2 Å². The summed E-state index contributed by atoms with van der Waals surface area (Å²) in [5.74, 6) is 0.681. The third kappa shape index (κ3) is 1.60. The van der Waals surface area contributed by atoms with Gasteiger partial charge in [0, 0.05) is 17.4 Å². The number of benzene rings is 1. The number of hydrogen-bond acceptors (Lipinski definition) is 3. The van der Waals surface area contributed by atoms with Crippen LogP contribution in [0.5, 0.6) is 0 Å². The van der Waals surface area contributed by atoms with E-state index in [-0.39, 0.29) is 5.56 Å². The Hall–Kier alpha value is -2.14. The minimum absolute atomic E-state index is 0.222. The minimum Gasteiger partial charge on any atom is -0.281 e. The number of hydrogen-bond donors (Lipinski definition) is 0. The summed E-state index contributed by atoms with van der Waals surface area (Å²) in [4.78, 5) is 12.3. The second-order valence-electron chi connectivity index (χ2n) is 3.89. The molecule has 0 aliphatic carbocycles. The quantitative estimate of drug-likeness (QED) is 0.671. The first-order chi connectivity index (χ1) is 8.66. The predicted octanol–water partition coefficient (Wildman–Crippen LogP) is 1.84. The summed E-state index contributed by atoms with van der Waals surface area (Å²) in [6.45, 7) is 1.79. The van der Waals surface area contributed by atoms with Crippen molar-refractivity contribution in [3.05, 3.63) is 57.9 Å². The van der Waals surface area contributed by atoms with Crippen LogP contribution in [0.15, 0.2) is 41.5 Å². The zero-order chi connectivity index (χ0) is 12.7. The molecule has 0 fully saturated rings. The second kappa shape index (κ2) is 3.96. The molecule has 0 saturated heterocycles. The van der Waals surface area contributed by atoms with Crippen molar-refractivity contribution in [3.8, 4) is 5.69 Å². The summed E-state index contributed by atoms with van der Waals surface area (Å²) in [5.41, 5.74) is 0.783. The summed E-state index contributed by atoms with van der Waals surface area (Å²) < 4.78 is 3.15. The van der Waals surface area contributed by atoms with E-state index >= 15 is 0 Å². The molecule has 3 rings (SSSR count). The Labute approximate surface area is 107 Å². The topological polar surface area (TPSA) is 52.2 Å². The summed E-state index contributed by atoms with van der Waals surface area (Å²) in [7, 11) is 0. The van der Waals surface area contributed by atoms with Gasteiger partial charge in [-0.05, 0) is 25.1 Å². The average Bonchev–Trinajstić information content (AvgIpc) is 2.73. The van der Waals surface area contributed by atoms with E-state index in [0.29, 0.717) is 22.2 Å². The number of fused-ring (bicyclic) bond motifs is 1. The highest BCUT2D eigenvalue weighted by atomic mass is 35.5. The normalized spacial score (nSPS) is 11.0. The van der Waals surface area contributed by atoms with E-state index in [1.54, 1.807) is 41.9 Å². The maximum atomic E-state index is 12.3. The van der Waals surface area contributed by atoms with Crippen LogP contribution < -0.4 is 5.56 Å². The summed E-state index contributed by atoms with van der Waals surface area (Å²) in [6.07, 6.45) is 3.43. The minimum atomic E-state index is -0.222. The van der Waals surface area contributed by atoms with Gasteiger partial charge in [0.15, 0.2) is 0 Å². The van der Waals surface area contributed by atoms with Gasteiger partial charge < -0.3 is 0 Å². The molecule has 5 nitrogen and oxygen atoms in total. The fourth-order valence-electron chi connectivity index (χ4n) is 1.83. The lowest BCUT2D eigenvalue weighted by Gasteiger charge is -2.06. The third-order valence-corrected chi connectivity index (χ3v) is 2.96. The van der Waals surface area contributed by atoms with E-state index in [0.717, 1.165) is 0 Å². The number of aryl methyl sites for hydroxylation is 1. The number of nitrogens with zero attached hydrogens (tertiary/aromatic N) is 4. The van der Waals surface area contributed by atoms with Gasteiger partial charge in [0.05, 0.1) is 5.69 Å². The maximum Gasteiger partial charge on any atom is 0.300 e. The van der Waals surface area contributed by atoms with E-state index in [9.17, 15) is 4.79 Å². The van der Waals surface area contributed by atoms with Crippen LogP contribution in [0.4, 0.5) is 0 Å². The summed E-state index contributed by atoms with van der Waals surface area (Å²) in [5, 5.41) is 8.34. The van der Waals surface area contributed by atoms with Crippen molar-refractivity contribution < 1.29 is 0 Å². The molecule has 18 heavy (non-hydrogen) atoms. The monoisotopic (exact) mass is 260 g/mol. The van der Waals surface area contributed by atoms with Crippen LogP contribution in [0.3, 0.4) is 0 Å². The highest BCUT2D eigenvalue weighted by Crippen LogP contribution is 2.13. The Morgan fingerprint density at radius 1 is 1.22 bits per heavy atom. The smallest absolute Gasteiger partial charge is 0.281 e. The van der Waals surface area contributed by atoms with Crippen LogP contribution in [-0.2, 0) is 0 Å². The summed E-state index contributed by atoms with van der Waals surface area (Å²) >= 11 is 5.92. The molecular formula is C12H9ClN4O. The van der Waals surface area contributed by atoms with E-state index in [2.05, 4.69) is 10.2 Å². The lowest BCUT2D eigenvalue weighted by molar-refractivity contribution is 0.937. The molecule has 0 aliphatic heterocycles. The van der Waals surface area contributed by atoms with Crippen LogP contribution in [0.25, 0.3) is 11.3 Å². The molecule has 0 amide bonds. The molecule has 0 radical (unpaired) electrons. The van der Waals surface area contributed by atoms with Crippen molar-refractivity contribution >= 4 is 17.2 Å². The molecular weight excluding hydrogens is 252 g/mol. The van der Waals surface area contributed by atoms with Gasteiger partial charge in [-0.2, -0.15) is 0 Å². The number of halogens is 1. The summed E-state index contributed by atoms with van der Waals surface area (Å²) in [6, 6.07) is 7.09. The Morgan fingerprint density at radius 3 is 2.83 bits per heavy atom. The Kier molecular flexibility index (Phi) is 2.41. The fraction of sp³-hybridized carbons (Fsp3) is 0.0833. The van der Waals surface area contributed by atoms with Crippen LogP contribution in [-0.4, -0.2) is 19.2 Å². The standard InChI is InChI=1S/C12H9ClN4O/c1-8-14-15-11-12(18)17(6-5-16(8)11)10-4-2-3-9(13)7-10/h2-7H,1H3. The SMILES string of the molecule is Cc1nnc2c(=O)n(-c3cccc(Cl)c3)ccn12. The van der Waals surface area contributed by atoms with Crippen molar-refractivity contribution in [1.82, 2.24) is 19.2 Å². The molecule has 0 spiro atoms. The van der Waals surface area contributed by atoms with Crippen LogP contribution >= 0.6 is 11.6 Å². The lowest BCUT2D eigenvalue weighted by atomic mass is 10.3. The van der Waals surface area contributed by atoms with E-state index < -0.39 is 0 Å². The predicted molar refractivity (Wildman–Crippen MR) is 68.3 cm³/mol. The van der Waals surface area contributed by atoms with Gasteiger partial charge in [-0.1, -0.05) is 17.7 Å². The Bertz CT molecular complexity index is 790. The highest BCUT2D eigenvalue weighted by molar-refractivity contribution is 6.30. The van der Waals surface area contributed by atoms with Crippen molar-refractivity contribution in [2.24, 2.45) is 0 Å². The molecule has 1 aromatic carbocycles. The Balaban J connectivity index is 2.31. The van der Waals surface area contributed by atoms with Crippen molar-refractivity contribution in [3.63, 3.8) is 0 Å². The molecule has 3 aromatic rings. The maximum absolute atomic E-state index is 12.3. The first-order valence-corrected chi connectivity index (χ1v) is 5.73. The fourth-order valence-corrected chi connectivity index (χ4v) is 2.02. The van der Waals surface area contributed by atoms with E-state index in [1.807, 2.05) is 6.07 Å². The first-order valence-electron chi connectivity index (χ1n) is 5.36. The van der Waals surface area contributed by atoms with E-state index in [1.165, 1.54) is 4.57 Å².